The summed E-state index contributed by atoms with van der Waals surface area (Å²) in [5.74, 6) is 0.470. The van der Waals surface area contributed by atoms with E-state index in [9.17, 15) is 9.59 Å². The van der Waals surface area contributed by atoms with Gasteiger partial charge in [0, 0.05) is 42.8 Å². The molecule has 1 saturated heterocycles. The summed E-state index contributed by atoms with van der Waals surface area (Å²) < 4.78 is 0. The minimum atomic E-state index is -0.482. The van der Waals surface area contributed by atoms with E-state index in [1.54, 1.807) is 35.2 Å². The molecule has 0 unspecified atom stereocenters. The highest BCUT2D eigenvalue weighted by atomic mass is 35.5. The van der Waals surface area contributed by atoms with Crippen LogP contribution in [0.3, 0.4) is 0 Å². The van der Waals surface area contributed by atoms with Crippen LogP contribution in [0.4, 0.5) is 5.82 Å². The third-order valence-corrected chi connectivity index (χ3v) is 4.10. The number of nitrogens with one attached hydrogen (secondary N) is 1. The lowest BCUT2D eigenvalue weighted by Crippen LogP contribution is -2.49. The molecule has 0 saturated carbocycles. The van der Waals surface area contributed by atoms with Gasteiger partial charge < -0.3 is 9.80 Å². The Kier molecular flexibility index (Phi) is 4.54. The molecule has 6 nitrogen and oxygen atoms in total. The summed E-state index contributed by atoms with van der Waals surface area (Å²) in [5, 5.41) is 0.786. The summed E-state index contributed by atoms with van der Waals surface area (Å²) in [6.45, 7) is 2.24. The number of halogens is 2. The number of aromatic nitrogens is 2. The van der Waals surface area contributed by atoms with Crippen molar-refractivity contribution in [2.75, 3.05) is 31.1 Å². The monoisotopic (exact) mass is 352 g/mol. The molecule has 3 rings (SSSR count). The van der Waals surface area contributed by atoms with Crippen molar-refractivity contribution in [2.24, 2.45) is 0 Å². The van der Waals surface area contributed by atoms with Gasteiger partial charge in [0.2, 0.25) is 0 Å². The van der Waals surface area contributed by atoms with E-state index in [1.807, 2.05) is 4.90 Å². The van der Waals surface area contributed by atoms with E-state index in [-0.39, 0.29) is 11.1 Å². The van der Waals surface area contributed by atoms with Crippen LogP contribution in [0.25, 0.3) is 0 Å². The summed E-state index contributed by atoms with van der Waals surface area (Å²) in [6.07, 6.45) is 0. The molecular weight excluding hydrogens is 339 g/mol. The first kappa shape index (κ1) is 15.8. The number of amides is 1. The number of piperazine rings is 1. The summed E-state index contributed by atoms with van der Waals surface area (Å²) in [4.78, 5) is 33.8. The van der Waals surface area contributed by atoms with Crippen LogP contribution < -0.4 is 10.6 Å². The minimum Gasteiger partial charge on any atom is -0.353 e. The van der Waals surface area contributed by atoms with E-state index in [2.05, 4.69) is 9.97 Å². The predicted octanol–water partition coefficient (Wildman–Crippen LogP) is 2.04. The molecular formula is C15H14Cl2N4O2. The normalized spacial score (nSPS) is 14.9. The van der Waals surface area contributed by atoms with Crippen LogP contribution in [0.1, 0.15) is 10.4 Å². The Morgan fingerprint density at radius 3 is 2.52 bits per heavy atom. The van der Waals surface area contributed by atoms with Crippen molar-refractivity contribution >= 4 is 34.9 Å². The molecule has 120 valence electrons. The fourth-order valence-electron chi connectivity index (χ4n) is 2.52. The van der Waals surface area contributed by atoms with Crippen molar-refractivity contribution in [3.63, 3.8) is 0 Å². The van der Waals surface area contributed by atoms with Crippen LogP contribution >= 0.6 is 23.2 Å². The van der Waals surface area contributed by atoms with Crippen LogP contribution in [-0.4, -0.2) is 47.0 Å². The van der Waals surface area contributed by atoms with Gasteiger partial charge in [0.15, 0.2) is 0 Å². The molecule has 1 amide bonds. The summed E-state index contributed by atoms with van der Waals surface area (Å²) >= 11 is 11.8. The molecule has 0 radical (unpaired) electrons. The average Bonchev–Trinajstić information content (AvgIpc) is 2.53. The molecule has 0 bridgehead atoms. The molecule has 1 aliphatic rings. The van der Waals surface area contributed by atoms with E-state index in [1.165, 1.54) is 0 Å². The molecule has 0 atom stereocenters. The Balaban J connectivity index is 1.68. The quantitative estimate of drug-likeness (QED) is 0.839. The highest BCUT2D eigenvalue weighted by Crippen LogP contribution is 2.17. The Labute approximate surface area is 142 Å². The number of anilines is 1. The molecule has 8 heteroatoms. The number of hydrogen-bond acceptors (Lipinski definition) is 4. The summed E-state index contributed by atoms with van der Waals surface area (Å²) in [5.41, 5.74) is 0.0909. The van der Waals surface area contributed by atoms with Gasteiger partial charge in [0.05, 0.1) is 0 Å². The van der Waals surface area contributed by atoms with E-state index < -0.39 is 5.69 Å². The van der Waals surface area contributed by atoms with Crippen molar-refractivity contribution < 1.29 is 4.79 Å². The number of carbonyl (C=O) groups is 1. The number of H-pyrrole nitrogens is 1. The Bertz CT molecular complexity index is 785. The Morgan fingerprint density at radius 2 is 1.87 bits per heavy atom. The highest BCUT2D eigenvalue weighted by Gasteiger charge is 2.23. The molecule has 1 aliphatic heterocycles. The highest BCUT2D eigenvalue weighted by molar-refractivity contribution is 6.31. The number of benzene rings is 1. The zero-order chi connectivity index (χ0) is 16.4. The van der Waals surface area contributed by atoms with Gasteiger partial charge in [-0.3, -0.25) is 9.78 Å². The maximum Gasteiger partial charge on any atom is 0.348 e. The van der Waals surface area contributed by atoms with Crippen LogP contribution in [0.2, 0.25) is 10.2 Å². The molecule has 1 aromatic heterocycles. The lowest BCUT2D eigenvalue weighted by atomic mass is 10.2. The second-order valence-corrected chi connectivity index (χ2v) is 6.03. The van der Waals surface area contributed by atoms with Gasteiger partial charge in [-0.1, -0.05) is 29.3 Å². The smallest absolute Gasteiger partial charge is 0.348 e. The third-order valence-electron chi connectivity index (χ3n) is 3.66. The first-order valence-electron chi connectivity index (χ1n) is 7.09. The van der Waals surface area contributed by atoms with Gasteiger partial charge >= 0.3 is 5.69 Å². The zero-order valence-electron chi connectivity index (χ0n) is 12.1. The number of aromatic amines is 1. The molecule has 2 aromatic rings. The number of carbonyl (C=O) groups excluding carboxylic acids is 1. The van der Waals surface area contributed by atoms with E-state index >= 15 is 0 Å². The molecule has 2 heterocycles. The van der Waals surface area contributed by atoms with E-state index in [4.69, 9.17) is 23.2 Å². The molecule has 23 heavy (non-hydrogen) atoms. The van der Waals surface area contributed by atoms with Gasteiger partial charge in [-0.15, -0.1) is 0 Å². The van der Waals surface area contributed by atoms with E-state index in [0.717, 1.165) is 0 Å². The fraction of sp³-hybridized carbons (Fsp3) is 0.267. The topological polar surface area (TPSA) is 69.3 Å². The number of hydrogen-bond donors (Lipinski definition) is 1. The van der Waals surface area contributed by atoms with Crippen LogP contribution in [0.5, 0.6) is 0 Å². The average molecular weight is 353 g/mol. The number of rotatable bonds is 2. The summed E-state index contributed by atoms with van der Waals surface area (Å²) in [6, 6.07) is 8.51. The van der Waals surface area contributed by atoms with Crippen molar-refractivity contribution in [1.82, 2.24) is 14.9 Å². The molecule has 0 aliphatic carbocycles. The molecule has 1 aromatic carbocycles. The van der Waals surface area contributed by atoms with Crippen molar-refractivity contribution in [1.29, 1.82) is 0 Å². The zero-order valence-corrected chi connectivity index (χ0v) is 13.6. The first-order valence-corrected chi connectivity index (χ1v) is 7.85. The Morgan fingerprint density at radius 1 is 1.13 bits per heavy atom. The van der Waals surface area contributed by atoms with Crippen LogP contribution in [0.15, 0.2) is 35.1 Å². The molecule has 1 N–H and O–H groups in total. The van der Waals surface area contributed by atoms with Gasteiger partial charge in [0.25, 0.3) is 5.91 Å². The third kappa shape index (κ3) is 3.65. The second-order valence-electron chi connectivity index (χ2n) is 5.18. The standard InChI is InChI=1S/C15H14Cl2N4O2/c16-11-3-1-2-10(8-11)14(22)21-6-4-20(5-7-21)13-9-12(17)18-15(23)19-13/h1-3,8-9H,4-7H2,(H,18,19,23). The second kappa shape index (κ2) is 6.60. The maximum absolute atomic E-state index is 12.5. The van der Waals surface area contributed by atoms with Crippen molar-refractivity contribution in [2.45, 2.75) is 0 Å². The Hall–Kier alpha value is -2.05. The van der Waals surface area contributed by atoms with Gasteiger partial charge in [-0.2, -0.15) is 4.98 Å². The van der Waals surface area contributed by atoms with E-state index in [0.29, 0.717) is 42.6 Å². The first-order chi connectivity index (χ1) is 11.0. The minimum absolute atomic E-state index is 0.0518. The van der Waals surface area contributed by atoms with Crippen molar-refractivity contribution in [3.05, 3.63) is 56.6 Å². The lowest BCUT2D eigenvalue weighted by Gasteiger charge is -2.35. The largest absolute Gasteiger partial charge is 0.353 e. The molecule has 0 spiro atoms. The predicted molar refractivity (Wildman–Crippen MR) is 89.4 cm³/mol. The van der Waals surface area contributed by atoms with Crippen LogP contribution in [-0.2, 0) is 0 Å². The van der Waals surface area contributed by atoms with Gasteiger partial charge in [-0.25, -0.2) is 4.79 Å². The van der Waals surface area contributed by atoms with Crippen LogP contribution in [0, 0.1) is 0 Å². The van der Waals surface area contributed by atoms with Gasteiger partial charge in [0.1, 0.15) is 11.0 Å². The fourth-order valence-corrected chi connectivity index (χ4v) is 2.89. The molecule has 1 fully saturated rings. The number of nitrogens with zero attached hydrogens (tertiary/aromatic N) is 3. The lowest BCUT2D eigenvalue weighted by molar-refractivity contribution is 0.0746. The maximum atomic E-state index is 12.5. The van der Waals surface area contributed by atoms with Crippen molar-refractivity contribution in [3.8, 4) is 0 Å². The summed E-state index contributed by atoms with van der Waals surface area (Å²) in [7, 11) is 0. The van der Waals surface area contributed by atoms with Gasteiger partial charge in [-0.05, 0) is 18.2 Å². The SMILES string of the molecule is O=C(c1cccc(Cl)c1)N1CCN(c2cc(Cl)[nH]c(=O)n2)CC1.